The molecule has 2 heteroatoms. The lowest BCUT2D eigenvalue weighted by molar-refractivity contribution is 0.112. The summed E-state index contributed by atoms with van der Waals surface area (Å²) in [5, 5.41) is 17.7. The molecule has 0 saturated heterocycles. The van der Waals surface area contributed by atoms with Crippen LogP contribution in [0.2, 0.25) is 0 Å². The van der Waals surface area contributed by atoms with Gasteiger partial charge in [0.25, 0.3) is 0 Å². The first-order chi connectivity index (χ1) is 5.18. The zero-order valence-corrected chi connectivity index (χ0v) is 7.64. The first kappa shape index (κ1) is 10.9. The van der Waals surface area contributed by atoms with Crippen LogP contribution < -0.4 is 0 Å². The predicted molar refractivity (Wildman–Crippen MR) is 46.4 cm³/mol. The SMILES string of the molecule is CCC[C@@](C)(CO)CCCO. The zero-order valence-electron chi connectivity index (χ0n) is 7.64. The quantitative estimate of drug-likeness (QED) is 0.619. The average Bonchev–Trinajstić information content (AvgIpc) is 2.02. The van der Waals surface area contributed by atoms with Crippen molar-refractivity contribution in [3.8, 4) is 0 Å². The van der Waals surface area contributed by atoms with Crippen molar-refractivity contribution in [3.05, 3.63) is 0 Å². The standard InChI is InChI=1S/C9H20O2/c1-3-5-9(2,8-11)6-4-7-10/h10-11H,3-8H2,1-2H3/t9-/m1/s1. The number of aliphatic hydroxyl groups is 2. The van der Waals surface area contributed by atoms with Crippen LogP contribution in [0.5, 0.6) is 0 Å². The van der Waals surface area contributed by atoms with Crippen molar-refractivity contribution < 1.29 is 10.2 Å². The number of hydrogen-bond donors (Lipinski definition) is 2. The fourth-order valence-electron chi connectivity index (χ4n) is 1.39. The Bertz CT molecular complexity index is 93.6. The number of aliphatic hydroxyl groups excluding tert-OH is 2. The first-order valence-corrected chi connectivity index (χ1v) is 4.40. The molecule has 0 heterocycles. The molecule has 2 N–H and O–H groups in total. The summed E-state index contributed by atoms with van der Waals surface area (Å²) in [4.78, 5) is 0. The van der Waals surface area contributed by atoms with Crippen molar-refractivity contribution in [1.82, 2.24) is 0 Å². The topological polar surface area (TPSA) is 40.5 Å². The van der Waals surface area contributed by atoms with Crippen molar-refractivity contribution in [2.45, 2.75) is 39.5 Å². The summed E-state index contributed by atoms with van der Waals surface area (Å²) < 4.78 is 0. The van der Waals surface area contributed by atoms with E-state index in [0.717, 1.165) is 25.7 Å². The van der Waals surface area contributed by atoms with E-state index in [1.807, 2.05) is 0 Å². The molecule has 0 aliphatic rings. The van der Waals surface area contributed by atoms with E-state index in [0.29, 0.717) is 0 Å². The van der Waals surface area contributed by atoms with E-state index in [9.17, 15) is 0 Å². The van der Waals surface area contributed by atoms with Crippen molar-refractivity contribution in [3.63, 3.8) is 0 Å². The van der Waals surface area contributed by atoms with Gasteiger partial charge >= 0.3 is 0 Å². The molecule has 11 heavy (non-hydrogen) atoms. The lowest BCUT2D eigenvalue weighted by Gasteiger charge is -2.26. The van der Waals surface area contributed by atoms with Gasteiger partial charge in [-0.1, -0.05) is 20.3 Å². The summed E-state index contributed by atoms with van der Waals surface area (Å²) in [5.74, 6) is 0. The molecule has 0 aromatic heterocycles. The third kappa shape index (κ3) is 4.38. The van der Waals surface area contributed by atoms with Crippen LogP contribution in [0, 0.1) is 5.41 Å². The van der Waals surface area contributed by atoms with E-state index in [-0.39, 0.29) is 18.6 Å². The van der Waals surface area contributed by atoms with Gasteiger partial charge in [-0.2, -0.15) is 0 Å². The Morgan fingerprint density at radius 3 is 2.18 bits per heavy atom. The van der Waals surface area contributed by atoms with Gasteiger partial charge < -0.3 is 10.2 Å². The van der Waals surface area contributed by atoms with Crippen LogP contribution in [0.25, 0.3) is 0 Å². The average molecular weight is 160 g/mol. The van der Waals surface area contributed by atoms with Gasteiger partial charge in [0.1, 0.15) is 0 Å². The lowest BCUT2D eigenvalue weighted by Crippen LogP contribution is -2.21. The molecule has 0 fully saturated rings. The Hall–Kier alpha value is -0.0800. The van der Waals surface area contributed by atoms with E-state index in [1.54, 1.807) is 0 Å². The summed E-state index contributed by atoms with van der Waals surface area (Å²) >= 11 is 0. The highest BCUT2D eigenvalue weighted by atomic mass is 16.3. The molecular formula is C9H20O2. The molecule has 0 radical (unpaired) electrons. The van der Waals surface area contributed by atoms with Crippen LogP contribution >= 0.6 is 0 Å². The smallest absolute Gasteiger partial charge is 0.0484 e. The second kappa shape index (κ2) is 5.56. The Kier molecular flexibility index (Phi) is 5.51. The summed E-state index contributed by atoms with van der Waals surface area (Å²) in [7, 11) is 0. The minimum absolute atomic E-state index is 0.0392. The Morgan fingerprint density at radius 1 is 1.18 bits per heavy atom. The van der Waals surface area contributed by atoms with Gasteiger partial charge in [0, 0.05) is 13.2 Å². The van der Waals surface area contributed by atoms with E-state index < -0.39 is 0 Å². The van der Waals surface area contributed by atoms with Crippen molar-refractivity contribution >= 4 is 0 Å². The number of rotatable bonds is 6. The maximum atomic E-state index is 9.06. The van der Waals surface area contributed by atoms with Gasteiger partial charge in [0.15, 0.2) is 0 Å². The van der Waals surface area contributed by atoms with Crippen LogP contribution in [0.15, 0.2) is 0 Å². The monoisotopic (exact) mass is 160 g/mol. The van der Waals surface area contributed by atoms with Gasteiger partial charge in [-0.05, 0) is 24.7 Å². The fourth-order valence-corrected chi connectivity index (χ4v) is 1.39. The van der Waals surface area contributed by atoms with E-state index in [2.05, 4.69) is 13.8 Å². The summed E-state index contributed by atoms with van der Waals surface area (Å²) in [5.41, 5.74) is 0.0392. The third-order valence-corrected chi connectivity index (χ3v) is 2.17. The summed E-state index contributed by atoms with van der Waals surface area (Å²) in [6, 6.07) is 0. The van der Waals surface area contributed by atoms with Crippen molar-refractivity contribution in [2.24, 2.45) is 5.41 Å². The fraction of sp³-hybridized carbons (Fsp3) is 1.00. The van der Waals surface area contributed by atoms with Crippen molar-refractivity contribution in [2.75, 3.05) is 13.2 Å². The highest BCUT2D eigenvalue weighted by molar-refractivity contribution is 4.72. The second-order valence-corrected chi connectivity index (χ2v) is 3.55. The second-order valence-electron chi connectivity index (χ2n) is 3.55. The van der Waals surface area contributed by atoms with E-state index in [4.69, 9.17) is 10.2 Å². The molecule has 0 spiro atoms. The van der Waals surface area contributed by atoms with Crippen LogP contribution in [-0.2, 0) is 0 Å². The van der Waals surface area contributed by atoms with Gasteiger partial charge in [0.2, 0.25) is 0 Å². The highest BCUT2D eigenvalue weighted by Crippen LogP contribution is 2.27. The molecule has 0 aliphatic carbocycles. The summed E-state index contributed by atoms with van der Waals surface area (Å²) in [6.45, 7) is 4.67. The van der Waals surface area contributed by atoms with Crippen LogP contribution in [0.4, 0.5) is 0 Å². The van der Waals surface area contributed by atoms with Gasteiger partial charge in [-0.3, -0.25) is 0 Å². The third-order valence-electron chi connectivity index (χ3n) is 2.17. The van der Waals surface area contributed by atoms with Crippen molar-refractivity contribution in [1.29, 1.82) is 0 Å². The highest BCUT2D eigenvalue weighted by Gasteiger charge is 2.20. The molecule has 68 valence electrons. The molecule has 0 rings (SSSR count). The van der Waals surface area contributed by atoms with E-state index >= 15 is 0 Å². The maximum absolute atomic E-state index is 9.06. The molecule has 0 bridgehead atoms. The molecular weight excluding hydrogens is 140 g/mol. The molecule has 0 aromatic rings. The van der Waals surface area contributed by atoms with Gasteiger partial charge in [0.05, 0.1) is 0 Å². The Morgan fingerprint density at radius 2 is 1.82 bits per heavy atom. The molecule has 0 aliphatic heterocycles. The van der Waals surface area contributed by atoms with Gasteiger partial charge in [-0.25, -0.2) is 0 Å². The van der Waals surface area contributed by atoms with Crippen LogP contribution in [0.1, 0.15) is 39.5 Å². The molecule has 0 amide bonds. The van der Waals surface area contributed by atoms with Crippen LogP contribution in [-0.4, -0.2) is 23.4 Å². The first-order valence-electron chi connectivity index (χ1n) is 4.40. The minimum Gasteiger partial charge on any atom is -0.396 e. The van der Waals surface area contributed by atoms with Gasteiger partial charge in [-0.15, -0.1) is 0 Å². The molecule has 1 atom stereocenters. The van der Waals surface area contributed by atoms with E-state index in [1.165, 1.54) is 0 Å². The molecule has 0 unspecified atom stereocenters. The lowest BCUT2D eigenvalue weighted by atomic mass is 9.82. The summed E-state index contributed by atoms with van der Waals surface area (Å²) in [6.07, 6.45) is 3.87. The normalized spacial score (nSPS) is 16.4. The minimum atomic E-state index is 0.0392. The van der Waals surface area contributed by atoms with Crippen LogP contribution in [0.3, 0.4) is 0 Å². The largest absolute Gasteiger partial charge is 0.396 e. The molecule has 0 aromatic carbocycles. The maximum Gasteiger partial charge on any atom is 0.0484 e. The Balaban J connectivity index is 3.68. The molecule has 2 nitrogen and oxygen atoms in total. The number of hydrogen-bond acceptors (Lipinski definition) is 2. The zero-order chi connectivity index (χ0) is 8.74. The molecule has 0 saturated carbocycles. The Labute approximate surface area is 69.2 Å². The predicted octanol–water partition coefficient (Wildman–Crippen LogP) is 1.56.